The second-order valence-corrected chi connectivity index (χ2v) is 10.7. The summed E-state index contributed by atoms with van der Waals surface area (Å²) in [6.07, 6.45) is 2.28. The highest BCUT2D eigenvalue weighted by atomic mass is 79.9. The molecule has 6 nitrogen and oxygen atoms in total. The Hall–Kier alpha value is -3.00. The van der Waals surface area contributed by atoms with Crippen LogP contribution in [0.5, 0.6) is 0 Å². The van der Waals surface area contributed by atoms with E-state index in [1.54, 1.807) is 24.3 Å². The summed E-state index contributed by atoms with van der Waals surface area (Å²) in [6, 6.07) is 24.3. The van der Waals surface area contributed by atoms with Crippen LogP contribution in [0, 0.1) is 0 Å². The molecular formula is C32H40BrN3O3. The van der Waals surface area contributed by atoms with Crippen LogP contribution in [0.25, 0.3) is 0 Å². The van der Waals surface area contributed by atoms with Gasteiger partial charge in [0.05, 0.1) is 12.1 Å². The summed E-state index contributed by atoms with van der Waals surface area (Å²) in [5, 5.41) is 17.4. The number of hydrogen-bond acceptors (Lipinski definition) is 4. The summed E-state index contributed by atoms with van der Waals surface area (Å²) in [5.41, 5.74) is 3.14. The van der Waals surface area contributed by atoms with Gasteiger partial charge in [-0.3, -0.25) is 9.59 Å². The first-order valence-electron chi connectivity index (χ1n) is 13.8. The third-order valence-corrected chi connectivity index (χ3v) is 7.11. The number of hydrogen-bond donors (Lipinski definition) is 3. The van der Waals surface area contributed by atoms with Crippen LogP contribution < -0.4 is 10.6 Å². The maximum absolute atomic E-state index is 13.3. The van der Waals surface area contributed by atoms with Crippen molar-refractivity contribution in [1.82, 2.24) is 15.5 Å². The average Bonchev–Trinajstić information content (AvgIpc) is 2.96. The van der Waals surface area contributed by atoms with E-state index in [-0.39, 0.29) is 11.8 Å². The molecule has 0 aromatic heterocycles. The zero-order valence-corrected chi connectivity index (χ0v) is 24.5. The standard InChI is InChI=1S/C32H40BrN3O3/c1-3-19-36(20-4-2)32(39)27-12-8-11-26(22-27)31(38)35-29(21-25-9-6-5-7-10-25)30(37)23-34-18-17-24-13-15-28(33)16-14-24/h5-16,22,29-30,34,37H,3-4,17-21,23H2,1-2H3,(H,35,38)/t29-,30+/m0/s1. The van der Waals surface area contributed by atoms with E-state index >= 15 is 0 Å². The highest BCUT2D eigenvalue weighted by molar-refractivity contribution is 9.10. The molecule has 7 heteroatoms. The first-order chi connectivity index (χ1) is 18.9. The van der Waals surface area contributed by atoms with Crippen molar-refractivity contribution in [3.05, 3.63) is 106 Å². The number of rotatable bonds is 15. The van der Waals surface area contributed by atoms with Crippen molar-refractivity contribution in [3.63, 3.8) is 0 Å². The SMILES string of the molecule is CCCN(CCC)C(=O)c1cccc(C(=O)N[C@@H](Cc2ccccc2)[C@H](O)CNCCc2ccc(Br)cc2)c1. The molecule has 2 amide bonds. The van der Waals surface area contributed by atoms with Gasteiger partial charge >= 0.3 is 0 Å². The minimum absolute atomic E-state index is 0.0656. The Morgan fingerprint density at radius 2 is 1.54 bits per heavy atom. The fourth-order valence-corrected chi connectivity index (χ4v) is 4.77. The Bertz CT molecular complexity index is 1160. The number of aliphatic hydroxyl groups is 1. The molecule has 0 spiro atoms. The van der Waals surface area contributed by atoms with Crippen LogP contribution in [-0.4, -0.2) is 60.1 Å². The first kappa shape index (κ1) is 30.5. The highest BCUT2D eigenvalue weighted by Gasteiger charge is 2.23. The molecule has 0 radical (unpaired) electrons. The summed E-state index contributed by atoms with van der Waals surface area (Å²) in [5.74, 6) is -0.374. The summed E-state index contributed by atoms with van der Waals surface area (Å²) < 4.78 is 1.04. The lowest BCUT2D eigenvalue weighted by Gasteiger charge is -2.25. The lowest BCUT2D eigenvalue weighted by molar-refractivity contribution is 0.0755. The van der Waals surface area contributed by atoms with Gasteiger partial charge in [-0.15, -0.1) is 0 Å². The number of aliphatic hydroxyl groups excluding tert-OH is 1. The van der Waals surface area contributed by atoms with Gasteiger partial charge < -0.3 is 20.6 Å². The fourth-order valence-electron chi connectivity index (χ4n) is 4.51. The molecule has 0 unspecified atom stereocenters. The van der Waals surface area contributed by atoms with Crippen molar-refractivity contribution in [1.29, 1.82) is 0 Å². The molecule has 0 saturated carbocycles. The summed E-state index contributed by atoms with van der Waals surface area (Å²) in [4.78, 5) is 28.2. The number of halogens is 1. The van der Waals surface area contributed by atoms with Crippen LogP contribution in [0.4, 0.5) is 0 Å². The Morgan fingerprint density at radius 1 is 0.872 bits per heavy atom. The molecule has 208 valence electrons. The number of nitrogens with zero attached hydrogens (tertiary/aromatic N) is 1. The lowest BCUT2D eigenvalue weighted by atomic mass is 10.00. The Labute approximate surface area is 240 Å². The van der Waals surface area contributed by atoms with Gasteiger partial charge in [-0.05, 0) is 73.7 Å². The van der Waals surface area contributed by atoms with Crippen molar-refractivity contribution in [2.24, 2.45) is 0 Å². The van der Waals surface area contributed by atoms with Crippen molar-refractivity contribution < 1.29 is 14.7 Å². The van der Waals surface area contributed by atoms with Crippen molar-refractivity contribution in [2.45, 2.75) is 51.7 Å². The third kappa shape index (κ3) is 9.92. The number of carbonyl (C=O) groups is 2. The van der Waals surface area contributed by atoms with Crippen molar-refractivity contribution >= 4 is 27.7 Å². The third-order valence-electron chi connectivity index (χ3n) is 6.58. The van der Waals surface area contributed by atoms with Crippen LogP contribution in [0.15, 0.2) is 83.3 Å². The lowest BCUT2D eigenvalue weighted by Crippen LogP contribution is -2.49. The van der Waals surface area contributed by atoms with Gasteiger partial charge in [-0.2, -0.15) is 0 Å². The van der Waals surface area contributed by atoms with Gasteiger partial charge in [0.25, 0.3) is 11.8 Å². The molecule has 0 bridgehead atoms. The van der Waals surface area contributed by atoms with Crippen LogP contribution in [0.3, 0.4) is 0 Å². The van der Waals surface area contributed by atoms with Gasteiger partial charge in [-0.25, -0.2) is 0 Å². The molecule has 0 aliphatic carbocycles. The molecular weight excluding hydrogens is 554 g/mol. The molecule has 0 aliphatic heterocycles. The molecule has 2 atom stereocenters. The normalized spacial score (nSPS) is 12.5. The zero-order valence-electron chi connectivity index (χ0n) is 22.9. The van der Waals surface area contributed by atoms with Crippen molar-refractivity contribution in [2.75, 3.05) is 26.2 Å². The molecule has 3 aromatic rings. The van der Waals surface area contributed by atoms with E-state index in [2.05, 4.69) is 38.7 Å². The maximum atomic E-state index is 13.3. The monoisotopic (exact) mass is 593 g/mol. The van der Waals surface area contributed by atoms with Gasteiger partial charge in [0, 0.05) is 35.2 Å². The number of carbonyl (C=O) groups excluding carboxylic acids is 2. The molecule has 0 heterocycles. The Kier molecular flexibility index (Phi) is 12.7. The van der Waals surface area contributed by atoms with Crippen LogP contribution in [-0.2, 0) is 12.8 Å². The molecule has 0 aliphatic rings. The predicted molar refractivity (Wildman–Crippen MR) is 161 cm³/mol. The quantitative estimate of drug-likeness (QED) is 0.210. The molecule has 3 N–H and O–H groups in total. The van der Waals surface area contributed by atoms with E-state index < -0.39 is 12.1 Å². The van der Waals surface area contributed by atoms with Gasteiger partial charge in [0.1, 0.15) is 0 Å². The smallest absolute Gasteiger partial charge is 0.253 e. The van der Waals surface area contributed by atoms with Gasteiger partial charge in [-0.1, -0.05) is 78.3 Å². The minimum Gasteiger partial charge on any atom is -0.390 e. The van der Waals surface area contributed by atoms with Gasteiger partial charge in [0.2, 0.25) is 0 Å². The first-order valence-corrected chi connectivity index (χ1v) is 14.6. The zero-order chi connectivity index (χ0) is 28.0. The van der Waals surface area contributed by atoms with E-state index in [0.717, 1.165) is 29.3 Å². The van der Waals surface area contributed by atoms with Crippen LogP contribution in [0.1, 0.15) is 58.5 Å². The minimum atomic E-state index is -0.798. The molecule has 3 rings (SSSR count). The second kappa shape index (κ2) is 16.2. The van der Waals surface area contributed by atoms with E-state index in [1.807, 2.05) is 61.2 Å². The predicted octanol–water partition coefficient (Wildman–Crippen LogP) is 5.25. The molecule has 3 aromatic carbocycles. The highest BCUT2D eigenvalue weighted by Crippen LogP contribution is 2.13. The van der Waals surface area contributed by atoms with E-state index in [1.165, 1.54) is 5.56 Å². The summed E-state index contributed by atoms with van der Waals surface area (Å²) in [7, 11) is 0. The fraction of sp³-hybridized carbons (Fsp3) is 0.375. The number of amides is 2. The molecule has 0 saturated heterocycles. The number of nitrogens with one attached hydrogen (secondary N) is 2. The van der Waals surface area contributed by atoms with Crippen LogP contribution in [0.2, 0.25) is 0 Å². The summed E-state index contributed by atoms with van der Waals surface area (Å²) in [6.45, 7) is 6.52. The molecule has 39 heavy (non-hydrogen) atoms. The second-order valence-electron chi connectivity index (χ2n) is 9.79. The Balaban J connectivity index is 1.67. The Morgan fingerprint density at radius 3 is 2.21 bits per heavy atom. The largest absolute Gasteiger partial charge is 0.390 e. The van der Waals surface area contributed by atoms with Crippen LogP contribution >= 0.6 is 15.9 Å². The summed E-state index contributed by atoms with van der Waals surface area (Å²) >= 11 is 3.45. The van der Waals surface area contributed by atoms with Gasteiger partial charge in [0.15, 0.2) is 0 Å². The number of benzene rings is 3. The van der Waals surface area contributed by atoms with Crippen molar-refractivity contribution in [3.8, 4) is 0 Å². The van der Waals surface area contributed by atoms with E-state index in [0.29, 0.717) is 43.7 Å². The van der Waals surface area contributed by atoms with E-state index in [4.69, 9.17) is 0 Å². The molecule has 0 fully saturated rings. The average molecular weight is 595 g/mol. The topological polar surface area (TPSA) is 81.7 Å². The maximum Gasteiger partial charge on any atom is 0.253 e. The van der Waals surface area contributed by atoms with E-state index in [9.17, 15) is 14.7 Å².